The lowest BCUT2D eigenvalue weighted by atomic mass is 9.99. The van der Waals surface area contributed by atoms with Crippen LogP contribution in [0.25, 0.3) is 0 Å². The van der Waals surface area contributed by atoms with Crippen LogP contribution in [-0.2, 0) is 9.53 Å². The summed E-state index contributed by atoms with van der Waals surface area (Å²) in [4.78, 5) is 93.7. The number of hydrogen-bond donors (Lipinski definition) is 3. The van der Waals surface area contributed by atoms with E-state index in [1.165, 1.54) is 33.3 Å². The molecular weight excluding hydrogens is 1190 g/mol. The second-order valence-corrected chi connectivity index (χ2v) is 23.7. The van der Waals surface area contributed by atoms with Gasteiger partial charge in [0.1, 0.15) is 0 Å². The molecule has 6 amide bonds. The van der Waals surface area contributed by atoms with Gasteiger partial charge in [-0.05, 0) is 117 Å². The maximum atomic E-state index is 14.3. The SMILES string of the molecule is CCOCCC(=O)NCCC[C@H](c1ccc(OC)c(OC)c1)N1C(=O)c2cccc(N3CCN([C@H](C)c4ccccc4)CC3)c2C1=O.COc1ccc([C@@H](CCCNC(=O)c2cn[nH]c2)N2C(=O)c3cccc(N4CCN([C@H](C)c5ccccc5)CC4)c3C2=O)cc1OC. The standard InChI is InChI=1S/C37H46N4O6.C36H40N6O5/c1-5-47-24-18-34(42)38-19-10-15-30(28-16-17-32(45-3)33(25-28)46-4)41-36(43)29-13-9-14-31(35(29)37(41)44)40-22-20-39(21-23-40)26(2)27-11-7-6-8-12-27;1-24(25-9-5-4-6-10-25)40-17-19-41(20-18-40)30-12-7-11-28-33(30)36(45)42(35(28)44)29(26-14-15-31(46-2)32(21-26)47-3)13-8-16-37-34(43)27-22-38-39-23-27/h6-9,11-14,16-17,25-26,30H,5,10,15,18-24H2,1-4H3,(H,38,42);4-7,9-12,14-15,21-24,29H,8,13,16-20H2,1-3H3,(H,37,43)(H,38,39)/t26-,30-;24-,29-/m11/s1. The molecule has 1 aromatic heterocycles. The third kappa shape index (κ3) is 15.1. The number of H-pyrrole nitrogens is 1. The van der Waals surface area contributed by atoms with E-state index >= 15 is 0 Å². The summed E-state index contributed by atoms with van der Waals surface area (Å²) in [7, 11) is 6.24. The molecule has 4 aliphatic heterocycles. The Balaban J connectivity index is 0.000000205. The summed E-state index contributed by atoms with van der Waals surface area (Å²) in [5, 5.41) is 12.3. The molecule has 4 aliphatic rings. The van der Waals surface area contributed by atoms with Crippen molar-refractivity contribution in [2.24, 2.45) is 0 Å². The Hall–Kier alpha value is -9.57. The molecule has 0 spiro atoms. The van der Waals surface area contributed by atoms with E-state index in [-0.39, 0.29) is 53.9 Å². The Labute approximate surface area is 550 Å². The van der Waals surface area contributed by atoms with Gasteiger partial charge in [0.05, 0.1) is 92.5 Å². The third-order valence-corrected chi connectivity index (χ3v) is 18.4. The van der Waals surface area contributed by atoms with Crippen LogP contribution in [0.2, 0.25) is 0 Å². The first-order chi connectivity index (χ1) is 45.8. The number of anilines is 2. The molecule has 21 nitrogen and oxygen atoms in total. The average molecular weight is 1280 g/mol. The number of imide groups is 2. The summed E-state index contributed by atoms with van der Waals surface area (Å²) >= 11 is 0. The highest BCUT2D eigenvalue weighted by Crippen LogP contribution is 2.43. The van der Waals surface area contributed by atoms with Crippen LogP contribution in [0.15, 0.2) is 146 Å². The first-order valence-corrected chi connectivity index (χ1v) is 32.4. The molecule has 0 saturated carbocycles. The summed E-state index contributed by atoms with van der Waals surface area (Å²) in [6, 6.07) is 42.4. The number of aromatic nitrogens is 2. The third-order valence-electron chi connectivity index (χ3n) is 18.4. The van der Waals surface area contributed by atoms with Crippen LogP contribution < -0.4 is 39.4 Å². The molecule has 494 valence electrons. The molecule has 0 bridgehead atoms. The van der Waals surface area contributed by atoms with Crippen LogP contribution in [-0.4, -0.2) is 172 Å². The van der Waals surface area contributed by atoms with Gasteiger partial charge in [0.2, 0.25) is 5.91 Å². The Morgan fingerprint density at radius 1 is 0.521 bits per heavy atom. The molecule has 11 rings (SSSR count). The lowest BCUT2D eigenvalue weighted by Crippen LogP contribution is -2.47. The van der Waals surface area contributed by atoms with Gasteiger partial charge in [-0.1, -0.05) is 84.9 Å². The molecule has 0 radical (unpaired) electrons. The van der Waals surface area contributed by atoms with Crippen molar-refractivity contribution in [2.45, 2.75) is 77.0 Å². The minimum absolute atomic E-state index is 0.0928. The molecule has 7 aromatic rings. The summed E-state index contributed by atoms with van der Waals surface area (Å²) in [5.74, 6) is 0.519. The van der Waals surface area contributed by atoms with Crippen molar-refractivity contribution in [3.63, 3.8) is 0 Å². The summed E-state index contributed by atoms with van der Waals surface area (Å²) in [6.45, 7) is 14.4. The first kappa shape index (κ1) is 67.3. The zero-order chi connectivity index (χ0) is 66.3. The number of methoxy groups -OCH3 is 4. The summed E-state index contributed by atoms with van der Waals surface area (Å²) in [6.07, 6.45) is 5.24. The molecule has 2 fully saturated rings. The van der Waals surface area contributed by atoms with Gasteiger partial charge in [-0.2, -0.15) is 5.10 Å². The van der Waals surface area contributed by atoms with Crippen molar-refractivity contribution < 1.29 is 52.5 Å². The maximum Gasteiger partial charge on any atom is 0.264 e. The molecule has 0 aliphatic carbocycles. The largest absolute Gasteiger partial charge is 0.493 e. The predicted molar refractivity (Wildman–Crippen MR) is 359 cm³/mol. The molecule has 21 heteroatoms. The van der Waals surface area contributed by atoms with E-state index in [0.29, 0.717) is 103 Å². The molecule has 94 heavy (non-hydrogen) atoms. The van der Waals surface area contributed by atoms with Crippen molar-refractivity contribution in [2.75, 3.05) is 117 Å². The number of nitrogens with one attached hydrogen (secondary N) is 3. The number of ether oxygens (including phenoxy) is 5. The van der Waals surface area contributed by atoms with Gasteiger partial charge in [-0.25, -0.2) is 0 Å². The van der Waals surface area contributed by atoms with Gasteiger partial charge in [0.25, 0.3) is 29.5 Å². The minimum atomic E-state index is -0.593. The second kappa shape index (κ2) is 31.8. The van der Waals surface area contributed by atoms with E-state index in [0.717, 1.165) is 74.9 Å². The van der Waals surface area contributed by atoms with Crippen molar-refractivity contribution in [1.82, 2.24) is 40.4 Å². The van der Waals surface area contributed by atoms with Crippen LogP contribution >= 0.6 is 0 Å². The van der Waals surface area contributed by atoms with E-state index in [9.17, 15) is 28.8 Å². The van der Waals surface area contributed by atoms with Crippen molar-refractivity contribution >= 4 is 46.8 Å². The Morgan fingerprint density at radius 2 is 0.968 bits per heavy atom. The predicted octanol–water partition coefficient (Wildman–Crippen LogP) is 10.1. The molecular formula is C73H86N10O11. The number of rotatable bonds is 27. The highest BCUT2D eigenvalue weighted by Gasteiger charge is 2.45. The van der Waals surface area contributed by atoms with Crippen LogP contribution in [0.1, 0.15) is 151 Å². The lowest BCUT2D eigenvalue weighted by Gasteiger charge is -2.39. The normalized spacial score (nSPS) is 16.2. The average Bonchev–Trinajstić information content (AvgIpc) is 1.60. The Kier molecular flexibility index (Phi) is 22.8. The molecule has 3 N–H and O–H groups in total. The van der Waals surface area contributed by atoms with E-state index in [4.69, 9.17) is 23.7 Å². The van der Waals surface area contributed by atoms with Crippen LogP contribution in [0.4, 0.5) is 11.4 Å². The summed E-state index contributed by atoms with van der Waals surface area (Å²) < 4.78 is 27.3. The van der Waals surface area contributed by atoms with Crippen molar-refractivity contribution in [3.05, 3.63) is 196 Å². The Morgan fingerprint density at radius 3 is 1.38 bits per heavy atom. The number of hydrogen-bond acceptors (Lipinski definition) is 16. The van der Waals surface area contributed by atoms with E-state index in [1.54, 1.807) is 52.7 Å². The molecule has 5 heterocycles. The number of aromatic amines is 1. The lowest BCUT2D eigenvalue weighted by molar-refractivity contribution is -0.122. The number of fused-ring (bicyclic) bond motifs is 2. The summed E-state index contributed by atoms with van der Waals surface area (Å²) in [5.41, 5.74) is 7.80. The van der Waals surface area contributed by atoms with Gasteiger partial charge < -0.3 is 44.1 Å². The number of amides is 6. The number of benzene rings is 6. The highest BCUT2D eigenvalue weighted by molar-refractivity contribution is 6.25. The zero-order valence-electron chi connectivity index (χ0n) is 54.8. The van der Waals surface area contributed by atoms with Crippen LogP contribution in [0.3, 0.4) is 0 Å². The first-order valence-electron chi connectivity index (χ1n) is 32.4. The van der Waals surface area contributed by atoms with Crippen LogP contribution in [0, 0.1) is 0 Å². The fourth-order valence-corrected chi connectivity index (χ4v) is 13.2. The van der Waals surface area contributed by atoms with E-state index < -0.39 is 12.1 Å². The van der Waals surface area contributed by atoms with Crippen LogP contribution in [0.5, 0.6) is 23.0 Å². The zero-order valence-corrected chi connectivity index (χ0v) is 54.8. The molecule has 4 atom stereocenters. The monoisotopic (exact) mass is 1280 g/mol. The van der Waals surface area contributed by atoms with Gasteiger partial charge in [0.15, 0.2) is 23.0 Å². The fraction of sp³-hybridized carbons (Fsp3) is 0.384. The fourth-order valence-electron chi connectivity index (χ4n) is 13.2. The second-order valence-electron chi connectivity index (χ2n) is 23.7. The quantitative estimate of drug-likeness (QED) is 0.0322. The number of carbonyl (C=O) groups excluding carboxylic acids is 6. The number of nitrogens with zero attached hydrogens (tertiary/aromatic N) is 7. The molecule has 2 saturated heterocycles. The minimum Gasteiger partial charge on any atom is -0.493 e. The van der Waals surface area contributed by atoms with Crippen molar-refractivity contribution in [3.8, 4) is 23.0 Å². The van der Waals surface area contributed by atoms with Gasteiger partial charge in [0, 0.05) is 96.8 Å². The molecule has 6 aromatic carbocycles. The maximum absolute atomic E-state index is 14.3. The highest BCUT2D eigenvalue weighted by atomic mass is 16.5. The van der Waals surface area contributed by atoms with Crippen molar-refractivity contribution in [1.29, 1.82) is 0 Å². The smallest absolute Gasteiger partial charge is 0.264 e. The topological polar surface area (TPSA) is 221 Å². The van der Waals surface area contributed by atoms with Gasteiger partial charge >= 0.3 is 0 Å². The van der Waals surface area contributed by atoms with Gasteiger partial charge in [-0.3, -0.25) is 53.5 Å². The van der Waals surface area contributed by atoms with E-state index in [2.05, 4.69) is 103 Å². The van der Waals surface area contributed by atoms with E-state index in [1.807, 2.05) is 67.6 Å². The number of carbonyl (C=O) groups is 6. The Bertz CT molecular complexity index is 3740. The van der Waals surface area contributed by atoms with Gasteiger partial charge in [-0.15, -0.1) is 0 Å². The molecule has 0 unspecified atom stereocenters. The number of piperazine rings is 2.